The minimum absolute atomic E-state index is 0.182. The summed E-state index contributed by atoms with van der Waals surface area (Å²) < 4.78 is 1.63. The zero-order chi connectivity index (χ0) is 17.1. The average Bonchev–Trinajstić information content (AvgIpc) is 3.21. The second-order valence-electron chi connectivity index (χ2n) is 6.04. The SMILES string of the molecule is Cc1nc2ncnn2c(C)c1CC(=O)NNC(=S)NC1CCCC1. The zero-order valence-electron chi connectivity index (χ0n) is 13.8. The lowest BCUT2D eigenvalue weighted by Crippen LogP contribution is -2.49. The van der Waals surface area contributed by atoms with E-state index in [2.05, 4.69) is 31.2 Å². The number of nitrogens with one attached hydrogen (secondary N) is 3. The molecule has 0 aliphatic heterocycles. The molecule has 1 amide bonds. The number of nitrogens with zero attached hydrogens (tertiary/aromatic N) is 4. The molecule has 0 unspecified atom stereocenters. The molecule has 0 atom stereocenters. The minimum Gasteiger partial charge on any atom is -0.359 e. The Hall–Kier alpha value is -2.29. The number of fused-ring (bicyclic) bond motifs is 1. The third kappa shape index (κ3) is 3.61. The maximum Gasteiger partial charge on any atom is 0.252 e. The summed E-state index contributed by atoms with van der Waals surface area (Å²) in [7, 11) is 0. The Kier molecular flexibility index (Phi) is 4.89. The second kappa shape index (κ2) is 7.08. The van der Waals surface area contributed by atoms with Crippen LogP contribution in [0.5, 0.6) is 0 Å². The van der Waals surface area contributed by atoms with Gasteiger partial charge in [0.25, 0.3) is 5.78 Å². The first-order chi connectivity index (χ1) is 11.5. The summed E-state index contributed by atoms with van der Waals surface area (Å²) in [6.07, 6.45) is 6.34. The highest BCUT2D eigenvalue weighted by molar-refractivity contribution is 7.80. The van der Waals surface area contributed by atoms with Crippen LogP contribution in [-0.4, -0.2) is 36.6 Å². The van der Waals surface area contributed by atoms with Gasteiger partial charge in [-0.1, -0.05) is 12.8 Å². The molecular formula is C15H21N7OS. The van der Waals surface area contributed by atoms with Gasteiger partial charge in [0.15, 0.2) is 5.11 Å². The van der Waals surface area contributed by atoms with E-state index in [-0.39, 0.29) is 12.3 Å². The van der Waals surface area contributed by atoms with E-state index in [9.17, 15) is 4.79 Å². The van der Waals surface area contributed by atoms with E-state index in [1.54, 1.807) is 4.52 Å². The number of rotatable bonds is 3. The first kappa shape index (κ1) is 16.6. The van der Waals surface area contributed by atoms with Crippen molar-refractivity contribution in [1.82, 2.24) is 35.8 Å². The van der Waals surface area contributed by atoms with E-state index in [4.69, 9.17) is 12.2 Å². The van der Waals surface area contributed by atoms with E-state index in [1.165, 1.54) is 19.2 Å². The van der Waals surface area contributed by atoms with Crippen LogP contribution in [0.25, 0.3) is 5.78 Å². The van der Waals surface area contributed by atoms with Crippen LogP contribution in [0.1, 0.15) is 42.6 Å². The molecular weight excluding hydrogens is 326 g/mol. The smallest absolute Gasteiger partial charge is 0.252 e. The van der Waals surface area contributed by atoms with Crippen LogP contribution < -0.4 is 16.2 Å². The minimum atomic E-state index is -0.182. The quantitative estimate of drug-likeness (QED) is 0.556. The highest BCUT2D eigenvalue weighted by atomic mass is 32.1. The Labute approximate surface area is 145 Å². The van der Waals surface area contributed by atoms with E-state index in [0.29, 0.717) is 16.9 Å². The fraction of sp³-hybridized carbons (Fsp3) is 0.533. The number of carbonyl (C=O) groups is 1. The number of aromatic nitrogens is 4. The molecule has 2 heterocycles. The van der Waals surface area contributed by atoms with Crippen molar-refractivity contribution in [3.8, 4) is 0 Å². The third-order valence-electron chi connectivity index (χ3n) is 4.33. The largest absolute Gasteiger partial charge is 0.359 e. The molecule has 24 heavy (non-hydrogen) atoms. The van der Waals surface area contributed by atoms with Crippen molar-refractivity contribution in [2.24, 2.45) is 0 Å². The molecule has 0 aromatic carbocycles. The van der Waals surface area contributed by atoms with Gasteiger partial charge in [-0.3, -0.25) is 15.6 Å². The van der Waals surface area contributed by atoms with Crippen LogP contribution >= 0.6 is 12.2 Å². The molecule has 2 aromatic heterocycles. The molecule has 0 saturated heterocycles. The van der Waals surface area contributed by atoms with Gasteiger partial charge in [-0.05, 0) is 38.9 Å². The van der Waals surface area contributed by atoms with E-state index >= 15 is 0 Å². The lowest BCUT2D eigenvalue weighted by molar-refractivity contribution is -0.121. The molecule has 128 valence electrons. The maximum atomic E-state index is 12.2. The maximum absolute atomic E-state index is 12.2. The lowest BCUT2D eigenvalue weighted by atomic mass is 10.1. The summed E-state index contributed by atoms with van der Waals surface area (Å²) in [5.41, 5.74) is 7.87. The van der Waals surface area contributed by atoms with Gasteiger partial charge in [-0.25, -0.2) is 9.50 Å². The molecule has 0 radical (unpaired) electrons. The van der Waals surface area contributed by atoms with Gasteiger partial charge in [0.2, 0.25) is 5.91 Å². The van der Waals surface area contributed by atoms with Crippen molar-refractivity contribution >= 4 is 29.0 Å². The summed E-state index contributed by atoms with van der Waals surface area (Å²) >= 11 is 5.21. The van der Waals surface area contributed by atoms with Crippen molar-refractivity contribution in [2.75, 3.05) is 0 Å². The van der Waals surface area contributed by atoms with Gasteiger partial charge in [0.1, 0.15) is 6.33 Å². The van der Waals surface area contributed by atoms with Crippen LogP contribution in [0.4, 0.5) is 0 Å². The zero-order valence-corrected chi connectivity index (χ0v) is 14.6. The topological polar surface area (TPSA) is 96.2 Å². The fourth-order valence-corrected chi connectivity index (χ4v) is 3.25. The number of carbonyl (C=O) groups excluding carboxylic acids is 1. The highest BCUT2D eigenvalue weighted by Gasteiger charge is 2.17. The lowest BCUT2D eigenvalue weighted by Gasteiger charge is -2.16. The third-order valence-corrected chi connectivity index (χ3v) is 4.55. The van der Waals surface area contributed by atoms with Gasteiger partial charge >= 0.3 is 0 Å². The summed E-state index contributed by atoms with van der Waals surface area (Å²) in [5.74, 6) is 0.354. The fourth-order valence-electron chi connectivity index (χ4n) is 3.03. The summed E-state index contributed by atoms with van der Waals surface area (Å²) in [4.78, 5) is 20.6. The number of thiocarbonyl (C=S) groups is 1. The number of hydrogen-bond acceptors (Lipinski definition) is 5. The van der Waals surface area contributed by atoms with Crippen LogP contribution in [0, 0.1) is 13.8 Å². The van der Waals surface area contributed by atoms with E-state index in [1.807, 2.05) is 13.8 Å². The molecule has 9 heteroatoms. The van der Waals surface area contributed by atoms with Crippen molar-refractivity contribution < 1.29 is 4.79 Å². The van der Waals surface area contributed by atoms with Crippen LogP contribution in [-0.2, 0) is 11.2 Å². The molecule has 3 N–H and O–H groups in total. The molecule has 0 bridgehead atoms. The Morgan fingerprint density at radius 2 is 2.08 bits per heavy atom. The van der Waals surface area contributed by atoms with Crippen molar-refractivity contribution in [3.05, 3.63) is 23.3 Å². The molecule has 1 aliphatic carbocycles. The monoisotopic (exact) mass is 347 g/mol. The summed E-state index contributed by atoms with van der Waals surface area (Å²) in [6, 6.07) is 0.408. The van der Waals surface area contributed by atoms with E-state index in [0.717, 1.165) is 29.8 Å². The Balaban J connectivity index is 1.57. The molecule has 3 rings (SSSR count). The Morgan fingerprint density at radius 1 is 1.33 bits per heavy atom. The predicted octanol–water partition coefficient (Wildman–Crippen LogP) is 0.722. The molecule has 1 aliphatic rings. The number of hydrogen-bond donors (Lipinski definition) is 3. The number of aryl methyl sites for hydroxylation is 2. The van der Waals surface area contributed by atoms with Gasteiger partial charge < -0.3 is 5.32 Å². The average molecular weight is 347 g/mol. The van der Waals surface area contributed by atoms with Gasteiger partial charge in [0, 0.05) is 23.0 Å². The van der Waals surface area contributed by atoms with E-state index < -0.39 is 0 Å². The molecule has 0 spiro atoms. The molecule has 2 aromatic rings. The summed E-state index contributed by atoms with van der Waals surface area (Å²) in [6.45, 7) is 3.77. The van der Waals surface area contributed by atoms with Gasteiger partial charge in [-0.2, -0.15) is 10.1 Å². The molecule has 1 fully saturated rings. The molecule has 1 saturated carbocycles. The Morgan fingerprint density at radius 3 is 2.83 bits per heavy atom. The highest BCUT2D eigenvalue weighted by Crippen LogP contribution is 2.17. The standard InChI is InChI=1S/C15H21N7OS/c1-9-12(10(2)22-14(18-9)16-8-17-22)7-13(23)20-21-15(24)19-11-5-3-4-6-11/h8,11H,3-7H2,1-2H3,(H,20,23)(H2,19,21,24). The first-order valence-electron chi connectivity index (χ1n) is 8.05. The number of hydrazine groups is 1. The van der Waals surface area contributed by atoms with Gasteiger partial charge in [-0.15, -0.1) is 0 Å². The second-order valence-corrected chi connectivity index (χ2v) is 6.45. The van der Waals surface area contributed by atoms with Crippen LogP contribution in [0.3, 0.4) is 0 Å². The van der Waals surface area contributed by atoms with Crippen molar-refractivity contribution in [2.45, 2.75) is 52.0 Å². The Bertz CT molecular complexity index is 767. The first-order valence-corrected chi connectivity index (χ1v) is 8.46. The summed E-state index contributed by atoms with van der Waals surface area (Å²) in [5, 5.41) is 7.79. The number of amides is 1. The van der Waals surface area contributed by atoms with Crippen LogP contribution in [0.15, 0.2) is 6.33 Å². The van der Waals surface area contributed by atoms with Crippen molar-refractivity contribution in [3.63, 3.8) is 0 Å². The molecule has 8 nitrogen and oxygen atoms in total. The van der Waals surface area contributed by atoms with Gasteiger partial charge in [0.05, 0.1) is 6.42 Å². The normalized spacial score (nSPS) is 14.8. The predicted molar refractivity (Wildman–Crippen MR) is 93.2 cm³/mol. The van der Waals surface area contributed by atoms with Crippen molar-refractivity contribution in [1.29, 1.82) is 0 Å². The van der Waals surface area contributed by atoms with Crippen LogP contribution in [0.2, 0.25) is 0 Å².